The molecule has 6 heterocycles. The predicted octanol–water partition coefficient (Wildman–Crippen LogP) is 4.77. The van der Waals surface area contributed by atoms with Gasteiger partial charge >= 0.3 is 6.01 Å². The summed E-state index contributed by atoms with van der Waals surface area (Å²) in [5.41, 5.74) is -0.0178. The number of nitrogens with zero attached hydrogens (tertiary/aromatic N) is 5. The van der Waals surface area contributed by atoms with Gasteiger partial charge in [0, 0.05) is 55.5 Å². The number of halogens is 2. The SMILES string of the molecule is C#Cc1c(F)ccc2cc(O)cc(-c3ncc4c(N5C[C@H]6CC[C@@H](C5)N6)nc(OC[C@]56CCCN5[C@@H](COC)CC6)nc4c3F)c12. The Bertz CT molecular complexity index is 1890. The van der Waals surface area contributed by atoms with Gasteiger partial charge in [-0.3, -0.25) is 9.88 Å². The van der Waals surface area contributed by atoms with Crippen LogP contribution < -0.4 is 15.0 Å². The number of rotatable bonds is 7. The highest BCUT2D eigenvalue weighted by Crippen LogP contribution is 2.43. The number of piperazine rings is 1. The van der Waals surface area contributed by atoms with E-state index in [9.17, 15) is 9.50 Å². The van der Waals surface area contributed by atoms with E-state index in [-0.39, 0.29) is 39.6 Å². The van der Waals surface area contributed by atoms with Gasteiger partial charge in [0.05, 0.1) is 23.1 Å². The number of phenolic OH excluding ortho intramolecular Hbond substituents is 1. The largest absolute Gasteiger partial charge is 0.508 e. The number of nitrogens with one attached hydrogen (secondary N) is 1. The first-order valence-corrected chi connectivity index (χ1v) is 16.1. The maximum Gasteiger partial charge on any atom is 0.319 e. The van der Waals surface area contributed by atoms with Crippen molar-refractivity contribution >= 4 is 27.5 Å². The van der Waals surface area contributed by atoms with Crippen LogP contribution in [0.3, 0.4) is 0 Å². The van der Waals surface area contributed by atoms with Gasteiger partial charge in [0.2, 0.25) is 0 Å². The van der Waals surface area contributed by atoms with Crippen LogP contribution in [0.1, 0.15) is 44.1 Å². The van der Waals surface area contributed by atoms with Crippen molar-refractivity contribution in [3.8, 4) is 35.4 Å². The molecule has 0 aliphatic carbocycles. The molecule has 238 valence electrons. The second-order valence-electron chi connectivity index (χ2n) is 13.2. The van der Waals surface area contributed by atoms with Crippen molar-refractivity contribution in [2.24, 2.45) is 0 Å². The van der Waals surface area contributed by atoms with Crippen molar-refractivity contribution in [3.05, 3.63) is 47.7 Å². The van der Waals surface area contributed by atoms with Crippen molar-refractivity contribution < 1.29 is 23.4 Å². The van der Waals surface area contributed by atoms with Crippen molar-refractivity contribution in [2.75, 3.05) is 44.9 Å². The standard InChI is InChI=1S/C35H36F2N6O3/c1-3-25-28(36)8-5-20-13-24(44)14-26(29(20)25)31-30(37)32-27(15-38-31)33(42-16-21-6-7-22(17-42)39-21)41-34(40-32)46-19-35-10-4-12-43(35)23(9-11-35)18-45-2/h1,5,8,13-15,21-23,39,44H,4,6-7,9-12,16-19H2,2H3/t21-,22+,23-,35-/m1/s1. The monoisotopic (exact) mass is 626 g/mol. The summed E-state index contributed by atoms with van der Waals surface area (Å²) in [7, 11) is 1.74. The zero-order chi connectivity index (χ0) is 31.6. The number of terminal acetylenes is 1. The lowest BCUT2D eigenvalue weighted by Gasteiger charge is -2.35. The average Bonchev–Trinajstić information content (AvgIpc) is 3.73. The van der Waals surface area contributed by atoms with E-state index in [1.54, 1.807) is 13.3 Å². The Labute approximate surface area is 265 Å². The molecule has 2 aromatic heterocycles. The van der Waals surface area contributed by atoms with Gasteiger partial charge in [0.15, 0.2) is 5.82 Å². The number of anilines is 1. The third-order valence-electron chi connectivity index (χ3n) is 10.5. The minimum absolute atomic E-state index is 0.0267. The lowest BCUT2D eigenvalue weighted by atomic mass is 9.95. The normalized spacial score (nSPS) is 25.8. The van der Waals surface area contributed by atoms with Gasteiger partial charge in [-0.25, -0.2) is 8.78 Å². The molecule has 0 unspecified atom stereocenters. The van der Waals surface area contributed by atoms with E-state index in [1.807, 2.05) is 0 Å². The van der Waals surface area contributed by atoms with E-state index in [0.29, 0.717) is 53.3 Å². The maximum atomic E-state index is 16.8. The molecule has 2 N–H and O–H groups in total. The Morgan fingerprint density at radius 3 is 2.74 bits per heavy atom. The highest BCUT2D eigenvalue weighted by atomic mass is 19.1. The summed E-state index contributed by atoms with van der Waals surface area (Å²) in [6.07, 6.45) is 13.5. The number of methoxy groups -OCH3 is 1. The van der Waals surface area contributed by atoms with Crippen LogP contribution in [0, 0.1) is 24.0 Å². The Balaban J connectivity index is 1.25. The molecule has 0 amide bonds. The molecule has 46 heavy (non-hydrogen) atoms. The van der Waals surface area contributed by atoms with Crippen LogP contribution in [0.5, 0.6) is 11.8 Å². The molecule has 11 heteroatoms. The summed E-state index contributed by atoms with van der Waals surface area (Å²) in [5, 5.41) is 15.4. The number of fused-ring (bicyclic) bond motifs is 5. The average molecular weight is 627 g/mol. The molecule has 0 radical (unpaired) electrons. The van der Waals surface area contributed by atoms with Crippen LogP contribution in [0.4, 0.5) is 14.6 Å². The molecule has 2 bridgehead atoms. The smallest absolute Gasteiger partial charge is 0.319 e. The molecule has 2 aromatic carbocycles. The molecule has 4 aliphatic heterocycles. The maximum absolute atomic E-state index is 16.8. The van der Waals surface area contributed by atoms with Gasteiger partial charge in [-0.05, 0) is 68.7 Å². The van der Waals surface area contributed by atoms with Crippen LogP contribution in [-0.2, 0) is 4.74 Å². The van der Waals surface area contributed by atoms with E-state index >= 15 is 4.39 Å². The Hall–Kier alpha value is -4.11. The molecule has 4 aromatic rings. The lowest BCUT2D eigenvalue weighted by molar-refractivity contribution is 0.0521. The fourth-order valence-corrected chi connectivity index (χ4v) is 8.42. The van der Waals surface area contributed by atoms with Crippen molar-refractivity contribution in [1.29, 1.82) is 0 Å². The fourth-order valence-electron chi connectivity index (χ4n) is 8.42. The number of phenols is 1. The Morgan fingerprint density at radius 2 is 1.96 bits per heavy atom. The Kier molecular flexibility index (Phi) is 7.20. The van der Waals surface area contributed by atoms with E-state index in [0.717, 1.165) is 58.2 Å². The summed E-state index contributed by atoms with van der Waals surface area (Å²) >= 11 is 0. The Morgan fingerprint density at radius 1 is 1.13 bits per heavy atom. The van der Waals surface area contributed by atoms with E-state index in [2.05, 4.69) is 31.0 Å². The highest BCUT2D eigenvalue weighted by Gasteiger charge is 2.49. The van der Waals surface area contributed by atoms with Crippen LogP contribution >= 0.6 is 0 Å². The number of pyridine rings is 1. The van der Waals surface area contributed by atoms with Gasteiger partial charge in [0.1, 0.15) is 35.2 Å². The van der Waals surface area contributed by atoms with Crippen LogP contribution in [0.15, 0.2) is 30.5 Å². The molecule has 0 spiro atoms. The number of aromatic hydroxyl groups is 1. The van der Waals surface area contributed by atoms with Crippen LogP contribution in [0.25, 0.3) is 32.9 Å². The molecule has 0 saturated carbocycles. The minimum atomic E-state index is -0.718. The zero-order valence-corrected chi connectivity index (χ0v) is 25.7. The predicted molar refractivity (Wildman–Crippen MR) is 171 cm³/mol. The second-order valence-corrected chi connectivity index (χ2v) is 13.2. The lowest BCUT2D eigenvalue weighted by Crippen LogP contribution is -2.51. The van der Waals surface area contributed by atoms with Crippen LogP contribution in [0.2, 0.25) is 0 Å². The molecule has 8 rings (SSSR count). The second kappa shape index (κ2) is 11.3. The number of benzene rings is 2. The first-order valence-electron chi connectivity index (χ1n) is 16.1. The molecule has 4 saturated heterocycles. The van der Waals surface area contributed by atoms with E-state index in [1.165, 1.54) is 24.3 Å². The van der Waals surface area contributed by atoms with Crippen molar-refractivity contribution in [3.63, 3.8) is 0 Å². The summed E-state index contributed by atoms with van der Waals surface area (Å²) in [5.74, 6) is 1.52. The number of hydrogen-bond acceptors (Lipinski definition) is 9. The van der Waals surface area contributed by atoms with Gasteiger partial charge in [-0.15, -0.1) is 6.42 Å². The van der Waals surface area contributed by atoms with E-state index in [4.69, 9.17) is 20.9 Å². The van der Waals surface area contributed by atoms with Crippen molar-refractivity contribution in [2.45, 2.75) is 62.2 Å². The summed E-state index contributed by atoms with van der Waals surface area (Å²) in [4.78, 5) is 18.8. The summed E-state index contributed by atoms with van der Waals surface area (Å²) < 4.78 is 43.6. The van der Waals surface area contributed by atoms with E-state index < -0.39 is 11.6 Å². The van der Waals surface area contributed by atoms with Crippen molar-refractivity contribution in [1.82, 2.24) is 25.2 Å². The minimum Gasteiger partial charge on any atom is -0.508 e. The first-order chi connectivity index (χ1) is 22.4. The quantitative estimate of drug-likeness (QED) is 0.281. The van der Waals surface area contributed by atoms with Crippen LogP contribution in [-0.4, -0.2) is 88.6 Å². The molecule has 4 fully saturated rings. The summed E-state index contributed by atoms with van der Waals surface area (Å²) in [6, 6.07) is 6.67. The molecular weight excluding hydrogens is 590 g/mol. The molecule has 9 nitrogen and oxygen atoms in total. The van der Waals surface area contributed by atoms with Gasteiger partial charge in [-0.1, -0.05) is 12.0 Å². The molecule has 4 aliphatic rings. The summed E-state index contributed by atoms with van der Waals surface area (Å²) in [6.45, 7) is 3.52. The highest BCUT2D eigenvalue weighted by molar-refractivity contribution is 6.03. The third kappa shape index (κ3) is 4.73. The van der Waals surface area contributed by atoms with Gasteiger partial charge in [-0.2, -0.15) is 9.97 Å². The number of aromatic nitrogens is 3. The molecular formula is C35H36F2N6O3. The van der Waals surface area contributed by atoms with Gasteiger partial charge in [0.25, 0.3) is 0 Å². The first kappa shape index (κ1) is 29.3. The topological polar surface area (TPSA) is 95.9 Å². The third-order valence-corrected chi connectivity index (χ3v) is 10.5. The van der Waals surface area contributed by atoms with Gasteiger partial charge < -0.3 is 24.8 Å². The molecule has 4 atom stereocenters. The fraction of sp³-hybridized carbons (Fsp3) is 0.457. The number of ether oxygens (including phenoxy) is 2. The number of hydrogen-bond donors (Lipinski definition) is 2. The zero-order valence-electron chi connectivity index (χ0n) is 25.7.